The summed E-state index contributed by atoms with van der Waals surface area (Å²) in [6, 6.07) is 9.05. The van der Waals surface area contributed by atoms with Crippen molar-refractivity contribution in [3.63, 3.8) is 0 Å². The van der Waals surface area contributed by atoms with Crippen LogP contribution in [-0.4, -0.2) is 6.54 Å². The van der Waals surface area contributed by atoms with Gasteiger partial charge < -0.3 is 5.32 Å². The molecule has 1 unspecified atom stereocenters. The normalized spacial score (nSPS) is 12.6. The molecule has 20 heavy (non-hydrogen) atoms. The standard InChI is InChI=1S/C15H16BrClFNS/c1-2-7-19-13(14-5-6-15(17)20-14)9-10-8-11(16)3-4-12(10)18/h3-6,8,13,19H,2,7,9H2,1H3. The summed E-state index contributed by atoms with van der Waals surface area (Å²) in [5.74, 6) is -0.167. The van der Waals surface area contributed by atoms with E-state index in [1.54, 1.807) is 17.4 Å². The molecule has 0 aliphatic heterocycles. The fraction of sp³-hybridized carbons (Fsp3) is 0.333. The molecule has 0 bridgehead atoms. The Balaban J connectivity index is 2.21. The van der Waals surface area contributed by atoms with Crippen LogP contribution in [-0.2, 0) is 6.42 Å². The summed E-state index contributed by atoms with van der Waals surface area (Å²) in [5.41, 5.74) is 0.706. The summed E-state index contributed by atoms with van der Waals surface area (Å²) in [6.07, 6.45) is 1.65. The Kier molecular flexibility index (Phi) is 6.02. The molecule has 1 N–H and O–H groups in total. The van der Waals surface area contributed by atoms with E-state index in [-0.39, 0.29) is 11.9 Å². The molecule has 108 valence electrons. The average molecular weight is 377 g/mol. The van der Waals surface area contributed by atoms with E-state index in [4.69, 9.17) is 11.6 Å². The summed E-state index contributed by atoms with van der Waals surface area (Å²) in [5, 5.41) is 3.46. The van der Waals surface area contributed by atoms with Crippen molar-refractivity contribution in [2.75, 3.05) is 6.54 Å². The van der Waals surface area contributed by atoms with Crippen molar-refractivity contribution in [2.24, 2.45) is 0 Å². The van der Waals surface area contributed by atoms with Crippen molar-refractivity contribution in [3.05, 3.63) is 55.4 Å². The van der Waals surface area contributed by atoms with E-state index in [9.17, 15) is 4.39 Å². The Labute approximate surface area is 136 Å². The third-order valence-corrected chi connectivity index (χ3v) is 4.85. The summed E-state index contributed by atoms with van der Waals surface area (Å²) in [6.45, 7) is 3.01. The Morgan fingerprint density at radius 3 is 2.80 bits per heavy atom. The lowest BCUT2D eigenvalue weighted by molar-refractivity contribution is 0.519. The summed E-state index contributed by atoms with van der Waals surface area (Å²) in [7, 11) is 0. The molecule has 0 aliphatic carbocycles. The molecular formula is C15H16BrClFNS. The highest BCUT2D eigenvalue weighted by molar-refractivity contribution is 9.10. The third kappa shape index (κ3) is 4.29. The van der Waals surface area contributed by atoms with E-state index >= 15 is 0 Å². The van der Waals surface area contributed by atoms with Crippen LogP contribution in [0.15, 0.2) is 34.8 Å². The zero-order chi connectivity index (χ0) is 14.5. The summed E-state index contributed by atoms with van der Waals surface area (Å²) >= 11 is 10.9. The van der Waals surface area contributed by atoms with E-state index < -0.39 is 0 Å². The molecule has 1 heterocycles. The largest absolute Gasteiger partial charge is 0.309 e. The Morgan fingerprint density at radius 1 is 1.35 bits per heavy atom. The van der Waals surface area contributed by atoms with Crippen molar-refractivity contribution < 1.29 is 4.39 Å². The fourth-order valence-corrected chi connectivity index (χ4v) is 3.57. The summed E-state index contributed by atoms with van der Waals surface area (Å²) in [4.78, 5) is 1.14. The predicted molar refractivity (Wildman–Crippen MR) is 88.2 cm³/mol. The van der Waals surface area contributed by atoms with Gasteiger partial charge in [-0.15, -0.1) is 11.3 Å². The van der Waals surface area contributed by atoms with Crippen molar-refractivity contribution in [1.82, 2.24) is 5.32 Å². The monoisotopic (exact) mass is 375 g/mol. The maximum absolute atomic E-state index is 13.9. The van der Waals surface area contributed by atoms with Crippen molar-refractivity contribution in [3.8, 4) is 0 Å². The minimum atomic E-state index is -0.167. The molecule has 0 amide bonds. The van der Waals surface area contributed by atoms with Gasteiger partial charge in [0.05, 0.1) is 4.34 Å². The molecule has 1 aromatic heterocycles. The topological polar surface area (TPSA) is 12.0 Å². The van der Waals surface area contributed by atoms with Gasteiger partial charge in [-0.3, -0.25) is 0 Å². The maximum atomic E-state index is 13.9. The van der Waals surface area contributed by atoms with E-state index in [1.807, 2.05) is 18.2 Å². The molecule has 5 heteroatoms. The second-order valence-corrected chi connectivity index (χ2v) is 7.25. The van der Waals surface area contributed by atoms with Gasteiger partial charge in [0.2, 0.25) is 0 Å². The van der Waals surface area contributed by atoms with Crippen molar-refractivity contribution in [2.45, 2.75) is 25.8 Å². The quantitative estimate of drug-likeness (QED) is 0.693. The van der Waals surface area contributed by atoms with E-state index in [0.29, 0.717) is 12.0 Å². The highest BCUT2D eigenvalue weighted by atomic mass is 79.9. The van der Waals surface area contributed by atoms with Crippen LogP contribution in [0.25, 0.3) is 0 Å². The molecule has 0 saturated heterocycles. The lowest BCUT2D eigenvalue weighted by atomic mass is 10.0. The molecule has 1 aromatic carbocycles. The Hall–Kier alpha value is -0.420. The van der Waals surface area contributed by atoms with Gasteiger partial charge in [0.1, 0.15) is 5.82 Å². The van der Waals surface area contributed by atoms with Crippen LogP contribution in [0.5, 0.6) is 0 Å². The number of hydrogen-bond acceptors (Lipinski definition) is 2. The van der Waals surface area contributed by atoms with Gasteiger partial charge in [-0.2, -0.15) is 0 Å². The Bertz CT molecular complexity index is 573. The molecule has 2 rings (SSSR count). The van der Waals surface area contributed by atoms with Gasteiger partial charge in [-0.1, -0.05) is 34.5 Å². The molecule has 0 aliphatic rings. The first-order valence-corrected chi connectivity index (χ1v) is 8.51. The molecular weight excluding hydrogens is 361 g/mol. The number of halogens is 3. The minimum Gasteiger partial charge on any atom is -0.309 e. The van der Waals surface area contributed by atoms with Crippen LogP contribution < -0.4 is 5.32 Å². The average Bonchev–Trinajstić information content (AvgIpc) is 2.85. The lowest BCUT2D eigenvalue weighted by Crippen LogP contribution is -2.23. The van der Waals surface area contributed by atoms with Crippen LogP contribution in [0.2, 0.25) is 4.34 Å². The van der Waals surface area contributed by atoms with E-state index in [1.165, 1.54) is 6.07 Å². The van der Waals surface area contributed by atoms with Gasteiger partial charge in [0, 0.05) is 15.4 Å². The van der Waals surface area contributed by atoms with Gasteiger partial charge in [-0.25, -0.2) is 4.39 Å². The number of rotatable bonds is 6. The van der Waals surface area contributed by atoms with Crippen LogP contribution >= 0.6 is 38.9 Å². The molecule has 1 atom stereocenters. The number of thiophene rings is 1. The Morgan fingerprint density at radius 2 is 2.15 bits per heavy atom. The first-order valence-electron chi connectivity index (χ1n) is 6.52. The highest BCUT2D eigenvalue weighted by Crippen LogP contribution is 2.30. The second kappa shape index (κ2) is 7.55. The van der Waals surface area contributed by atoms with Crippen molar-refractivity contribution >= 4 is 38.9 Å². The van der Waals surface area contributed by atoms with Crippen LogP contribution in [0, 0.1) is 5.82 Å². The number of nitrogens with one attached hydrogen (secondary N) is 1. The zero-order valence-electron chi connectivity index (χ0n) is 11.1. The minimum absolute atomic E-state index is 0.0937. The molecule has 1 nitrogen and oxygen atoms in total. The van der Waals surface area contributed by atoms with E-state index in [2.05, 4.69) is 28.2 Å². The molecule has 0 spiro atoms. The predicted octanol–water partition coefficient (Wildman–Crippen LogP) is 5.59. The van der Waals surface area contributed by atoms with E-state index in [0.717, 1.165) is 26.7 Å². The molecule has 0 radical (unpaired) electrons. The molecule has 2 aromatic rings. The van der Waals surface area contributed by atoms with Gasteiger partial charge in [-0.05, 0) is 55.3 Å². The van der Waals surface area contributed by atoms with Crippen LogP contribution in [0.3, 0.4) is 0 Å². The lowest BCUT2D eigenvalue weighted by Gasteiger charge is -2.18. The SMILES string of the molecule is CCCNC(Cc1cc(Br)ccc1F)c1ccc(Cl)s1. The van der Waals surface area contributed by atoms with Gasteiger partial charge >= 0.3 is 0 Å². The molecule has 0 fully saturated rings. The van der Waals surface area contributed by atoms with Crippen LogP contribution in [0.4, 0.5) is 4.39 Å². The smallest absolute Gasteiger partial charge is 0.126 e. The van der Waals surface area contributed by atoms with Gasteiger partial charge in [0.15, 0.2) is 0 Å². The van der Waals surface area contributed by atoms with Crippen molar-refractivity contribution in [1.29, 1.82) is 0 Å². The van der Waals surface area contributed by atoms with Crippen LogP contribution in [0.1, 0.15) is 29.8 Å². The number of benzene rings is 1. The third-order valence-electron chi connectivity index (χ3n) is 3.01. The fourth-order valence-electron chi connectivity index (χ4n) is 2.03. The summed E-state index contributed by atoms with van der Waals surface area (Å²) < 4.78 is 15.6. The maximum Gasteiger partial charge on any atom is 0.126 e. The van der Waals surface area contributed by atoms with Gasteiger partial charge in [0.25, 0.3) is 0 Å². The first kappa shape index (κ1) is 16.0. The first-order chi connectivity index (χ1) is 9.60. The number of hydrogen-bond donors (Lipinski definition) is 1. The highest BCUT2D eigenvalue weighted by Gasteiger charge is 2.16. The zero-order valence-corrected chi connectivity index (χ0v) is 14.3. The molecule has 0 saturated carbocycles. The second-order valence-electron chi connectivity index (χ2n) is 4.59.